The van der Waals surface area contributed by atoms with Crippen LogP contribution in [0, 0.1) is 11.3 Å². The number of carbonyl (C=O) groups is 2. The number of anilines is 2. The van der Waals surface area contributed by atoms with Gasteiger partial charge in [0.25, 0.3) is 5.56 Å². The maximum Gasteiger partial charge on any atom is 0.277 e. The lowest BCUT2D eigenvalue weighted by atomic mass is 10.1. The summed E-state index contributed by atoms with van der Waals surface area (Å²) in [4.78, 5) is 44.9. The Morgan fingerprint density at radius 1 is 1.39 bits per heavy atom. The molecule has 0 radical (unpaired) electrons. The van der Waals surface area contributed by atoms with Gasteiger partial charge in [0.2, 0.25) is 5.91 Å². The Hall–Kier alpha value is -3.98. The predicted octanol–water partition coefficient (Wildman–Crippen LogP) is 0.946. The standard InChI is InChI=1S/C24H29N7O5/c1-15(28-19-12-27-29-24(34)22(19)16(2)32)14-35-7-4-21(33)30-5-6-31-18(13-30)3-8-36-20-9-17(10-25)11-26-23(20)31/h9,11-12,15,18H,3-8,13-14H2,1-2H3,(H2,28,29,34)/t15-,18+/m0/s1. The summed E-state index contributed by atoms with van der Waals surface area (Å²) in [5, 5.41) is 18.2. The van der Waals surface area contributed by atoms with Crippen LogP contribution in [0.15, 0.2) is 23.3 Å². The van der Waals surface area contributed by atoms with E-state index in [0.717, 1.165) is 12.2 Å². The average Bonchev–Trinajstić information content (AvgIpc) is 3.04. The van der Waals surface area contributed by atoms with Crippen molar-refractivity contribution in [3.63, 3.8) is 0 Å². The SMILES string of the molecule is CC(=O)c1c(N[C@@H](C)COCCC(=O)N2CCN3c4ncc(C#N)cc4OCC[C@@H]3C2)cn[nH]c1=O. The summed E-state index contributed by atoms with van der Waals surface area (Å²) in [7, 11) is 0. The molecule has 2 N–H and O–H groups in total. The highest BCUT2D eigenvalue weighted by atomic mass is 16.5. The molecule has 190 valence electrons. The van der Waals surface area contributed by atoms with Crippen LogP contribution >= 0.6 is 0 Å². The van der Waals surface area contributed by atoms with Crippen molar-refractivity contribution in [3.8, 4) is 11.8 Å². The highest BCUT2D eigenvalue weighted by Crippen LogP contribution is 2.33. The molecule has 4 rings (SSSR count). The topological polar surface area (TPSA) is 154 Å². The Morgan fingerprint density at radius 3 is 3.00 bits per heavy atom. The summed E-state index contributed by atoms with van der Waals surface area (Å²) < 4.78 is 11.5. The Bertz CT molecular complexity index is 1220. The zero-order chi connectivity index (χ0) is 25.7. The molecule has 0 spiro atoms. The fourth-order valence-corrected chi connectivity index (χ4v) is 4.48. The molecule has 0 saturated carbocycles. The van der Waals surface area contributed by atoms with Gasteiger partial charge in [0.15, 0.2) is 17.4 Å². The van der Waals surface area contributed by atoms with Crippen molar-refractivity contribution in [1.29, 1.82) is 5.26 Å². The molecule has 12 heteroatoms. The van der Waals surface area contributed by atoms with Gasteiger partial charge in [-0.25, -0.2) is 10.1 Å². The molecule has 1 fully saturated rings. The number of ketones is 1. The predicted molar refractivity (Wildman–Crippen MR) is 130 cm³/mol. The fourth-order valence-electron chi connectivity index (χ4n) is 4.48. The Morgan fingerprint density at radius 2 is 2.22 bits per heavy atom. The van der Waals surface area contributed by atoms with Crippen molar-refractivity contribution < 1.29 is 19.1 Å². The van der Waals surface area contributed by atoms with E-state index < -0.39 is 5.56 Å². The molecule has 2 aliphatic rings. The van der Waals surface area contributed by atoms with Crippen LogP contribution in [0.5, 0.6) is 5.75 Å². The molecular weight excluding hydrogens is 466 g/mol. The Kier molecular flexibility index (Phi) is 7.80. The number of nitriles is 1. The Balaban J connectivity index is 1.25. The number of H-pyrrole nitrogens is 1. The summed E-state index contributed by atoms with van der Waals surface area (Å²) in [6.45, 7) is 6.00. The average molecular weight is 496 g/mol. The van der Waals surface area contributed by atoms with Crippen LogP contribution in [0.3, 0.4) is 0 Å². The molecule has 1 saturated heterocycles. The number of hydrogen-bond acceptors (Lipinski definition) is 10. The number of ether oxygens (including phenoxy) is 2. The highest BCUT2D eigenvalue weighted by molar-refractivity contribution is 5.98. The van der Waals surface area contributed by atoms with Crippen LogP contribution in [0.1, 0.15) is 42.6 Å². The van der Waals surface area contributed by atoms with E-state index in [1.54, 1.807) is 12.3 Å². The number of pyridine rings is 1. The van der Waals surface area contributed by atoms with E-state index in [0.29, 0.717) is 43.2 Å². The maximum atomic E-state index is 12.8. The second-order valence-corrected chi connectivity index (χ2v) is 8.90. The molecule has 0 aliphatic carbocycles. The van der Waals surface area contributed by atoms with Crippen molar-refractivity contribution in [2.24, 2.45) is 0 Å². The van der Waals surface area contributed by atoms with E-state index in [2.05, 4.69) is 31.5 Å². The number of rotatable bonds is 8. The molecule has 2 aromatic heterocycles. The number of hydrogen-bond donors (Lipinski definition) is 2. The van der Waals surface area contributed by atoms with Crippen molar-refractivity contribution in [3.05, 3.63) is 39.9 Å². The number of carbonyl (C=O) groups excluding carboxylic acids is 2. The number of aromatic nitrogens is 3. The number of piperazine rings is 1. The van der Waals surface area contributed by atoms with Crippen LogP contribution in [0.4, 0.5) is 11.5 Å². The first kappa shape index (κ1) is 25.1. The third kappa shape index (κ3) is 5.63. The number of aromatic amines is 1. The van der Waals surface area contributed by atoms with Gasteiger partial charge in [-0.05, 0) is 13.8 Å². The van der Waals surface area contributed by atoms with E-state index in [-0.39, 0.29) is 49.0 Å². The molecule has 12 nitrogen and oxygen atoms in total. The number of nitrogens with zero attached hydrogens (tertiary/aromatic N) is 5. The van der Waals surface area contributed by atoms with Crippen molar-refractivity contribution >= 4 is 23.2 Å². The van der Waals surface area contributed by atoms with Crippen LogP contribution in [-0.4, -0.2) is 83.3 Å². The van der Waals surface area contributed by atoms with E-state index in [4.69, 9.17) is 14.7 Å². The largest absolute Gasteiger partial charge is 0.490 e. The molecule has 0 unspecified atom stereocenters. The number of amides is 1. The van der Waals surface area contributed by atoms with Crippen LogP contribution in [0.25, 0.3) is 0 Å². The van der Waals surface area contributed by atoms with Gasteiger partial charge >= 0.3 is 0 Å². The molecule has 1 amide bonds. The molecule has 36 heavy (non-hydrogen) atoms. The van der Waals surface area contributed by atoms with Gasteiger partial charge in [-0.1, -0.05) is 0 Å². The van der Waals surface area contributed by atoms with Gasteiger partial charge in [0.1, 0.15) is 11.6 Å². The molecular formula is C24H29N7O5. The van der Waals surface area contributed by atoms with E-state index in [1.165, 1.54) is 13.1 Å². The number of nitrogens with one attached hydrogen (secondary N) is 2. The second kappa shape index (κ2) is 11.2. The minimum Gasteiger partial charge on any atom is -0.490 e. The summed E-state index contributed by atoms with van der Waals surface area (Å²) in [6.07, 6.45) is 3.94. The van der Waals surface area contributed by atoms with Gasteiger partial charge in [-0.15, -0.1) is 0 Å². The first-order chi connectivity index (χ1) is 17.4. The molecule has 2 aromatic rings. The van der Waals surface area contributed by atoms with Crippen molar-refractivity contribution in [1.82, 2.24) is 20.1 Å². The van der Waals surface area contributed by atoms with E-state index in [1.807, 2.05) is 11.8 Å². The summed E-state index contributed by atoms with van der Waals surface area (Å²) in [5.41, 5.74) is 0.290. The molecule has 4 heterocycles. The zero-order valence-electron chi connectivity index (χ0n) is 20.3. The van der Waals surface area contributed by atoms with Gasteiger partial charge in [0, 0.05) is 44.4 Å². The third-order valence-electron chi connectivity index (χ3n) is 6.22. The lowest BCUT2D eigenvalue weighted by Gasteiger charge is -2.41. The van der Waals surface area contributed by atoms with Gasteiger partial charge in [-0.2, -0.15) is 10.4 Å². The van der Waals surface area contributed by atoms with Crippen molar-refractivity contribution in [2.75, 3.05) is 49.7 Å². The molecule has 2 atom stereocenters. The van der Waals surface area contributed by atoms with Gasteiger partial charge in [-0.3, -0.25) is 14.4 Å². The third-order valence-corrected chi connectivity index (χ3v) is 6.22. The highest BCUT2D eigenvalue weighted by Gasteiger charge is 2.33. The number of fused-ring (bicyclic) bond motifs is 3. The smallest absolute Gasteiger partial charge is 0.277 e. The van der Waals surface area contributed by atoms with E-state index in [9.17, 15) is 14.4 Å². The minimum absolute atomic E-state index is 0.0195. The summed E-state index contributed by atoms with van der Waals surface area (Å²) in [5.74, 6) is 0.994. The van der Waals surface area contributed by atoms with Crippen LogP contribution in [0.2, 0.25) is 0 Å². The minimum atomic E-state index is -0.544. The monoisotopic (exact) mass is 495 g/mol. The maximum absolute atomic E-state index is 12.8. The van der Waals surface area contributed by atoms with Gasteiger partial charge < -0.3 is 24.6 Å². The first-order valence-corrected chi connectivity index (χ1v) is 11.9. The number of Topliss-reactive ketones (excluding diaryl/α,β-unsaturated/α-hetero) is 1. The lowest BCUT2D eigenvalue weighted by molar-refractivity contribution is -0.133. The van der Waals surface area contributed by atoms with Crippen LogP contribution in [-0.2, 0) is 9.53 Å². The molecule has 0 bridgehead atoms. The quantitative estimate of drug-likeness (QED) is 0.400. The summed E-state index contributed by atoms with van der Waals surface area (Å²) in [6, 6.07) is 3.68. The fraction of sp³-hybridized carbons (Fsp3) is 0.500. The lowest BCUT2D eigenvalue weighted by Crippen LogP contribution is -2.55. The zero-order valence-corrected chi connectivity index (χ0v) is 20.3. The molecule has 2 aliphatic heterocycles. The molecule has 0 aromatic carbocycles. The van der Waals surface area contributed by atoms with E-state index >= 15 is 0 Å². The first-order valence-electron chi connectivity index (χ1n) is 11.9. The van der Waals surface area contributed by atoms with Gasteiger partial charge in [0.05, 0.1) is 49.7 Å². The Labute approximate surface area is 208 Å². The normalized spacial score (nSPS) is 17.6. The second-order valence-electron chi connectivity index (χ2n) is 8.90. The van der Waals surface area contributed by atoms with Crippen LogP contribution < -0.4 is 20.5 Å². The summed E-state index contributed by atoms with van der Waals surface area (Å²) >= 11 is 0. The van der Waals surface area contributed by atoms with Crippen molar-refractivity contribution in [2.45, 2.75) is 38.8 Å².